The van der Waals surface area contributed by atoms with Crippen molar-refractivity contribution in [3.05, 3.63) is 42.1 Å². The molecular formula is C18H20N2O4. The number of carbonyl (C=O) groups excluding carboxylic acids is 1. The third-order valence-electron chi connectivity index (χ3n) is 4.56. The largest absolute Gasteiger partial charge is 0.481 e. The molecule has 2 aromatic rings. The zero-order chi connectivity index (χ0) is 17.2. The number of piperidine rings is 1. The number of carbonyl (C=O) groups is 2. The fourth-order valence-electron chi connectivity index (χ4n) is 3.28. The molecule has 0 saturated carbocycles. The van der Waals surface area contributed by atoms with Gasteiger partial charge in [-0.05, 0) is 25.0 Å². The second kappa shape index (κ2) is 6.57. The molecule has 0 aliphatic carbocycles. The monoisotopic (exact) mass is 328 g/mol. The van der Waals surface area contributed by atoms with Crippen LogP contribution in [0.25, 0.3) is 10.9 Å². The van der Waals surface area contributed by atoms with Gasteiger partial charge in [0.2, 0.25) is 0 Å². The van der Waals surface area contributed by atoms with Crippen LogP contribution in [-0.2, 0) is 9.53 Å². The summed E-state index contributed by atoms with van der Waals surface area (Å²) in [5, 5.41) is 10.6. The van der Waals surface area contributed by atoms with Crippen LogP contribution in [0.3, 0.4) is 0 Å². The van der Waals surface area contributed by atoms with Gasteiger partial charge in [-0.3, -0.25) is 9.59 Å². The molecule has 24 heavy (non-hydrogen) atoms. The molecule has 1 unspecified atom stereocenters. The SMILES string of the molecule is COCC1(C(=O)O)CCCN(C(=O)c2ccc3ccccc3n2)C1. The lowest BCUT2D eigenvalue weighted by atomic mass is 9.80. The normalized spacial score (nSPS) is 21.0. The number of amides is 1. The number of benzene rings is 1. The number of ether oxygens (including phenoxy) is 1. The van der Waals surface area contributed by atoms with E-state index in [1.165, 1.54) is 7.11 Å². The van der Waals surface area contributed by atoms with Gasteiger partial charge in [-0.1, -0.05) is 24.3 Å². The van der Waals surface area contributed by atoms with Gasteiger partial charge in [-0.15, -0.1) is 0 Å². The summed E-state index contributed by atoms with van der Waals surface area (Å²) in [7, 11) is 1.48. The first-order valence-corrected chi connectivity index (χ1v) is 7.93. The molecule has 1 aliphatic heterocycles. The molecule has 1 atom stereocenters. The highest BCUT2D eigenvalue weighted by Crippen LogP contribution is 2.31. The third-order valence-corrected chi connectivity index (χ3v) is 4.56. The number of pyridine rings is 1. The van der Waals surface area contributed by atoms with Gasteiger partial charge in [-0.2, -0.15) is 0 Å². The minimum atomic E-state index is -1.04. The van der Waals surface area contributed by atoms with Crippen molar-refractivity contribution in [2.45, 2.75) is 12.8 Å². The topological polar surface area (TPSA) is 79.7 Å². The van der Waals surface area contributed by atoms with Gasteiger partial charge in [0.1, 0.15) is 11.1 Å². The zero-order valence-corrected chi connectivity index (χ0v) is 13.6. The fourth-order valence-corrected chi connectivity index (χ4v) is 3.28. The smallest absolute Gasteiger partial charge is 0.313 e. The fraction of sp³-hybridized carbons (Fsp3) is 0.389. The van der Waals surface area contributed by atoms with Crippen molar-refractivity contribution in [1.82, 2.24) is 9.88 Å². The standard InChI is InChI=1S/C18H20N2O4/c1-24-12-18(17(22)23)9-4-10-20(11-18)16(21)15-8-7-13-5-2-3-6-14(13)19-15/h2-3,5-8H,4,9-12H2,1H3,(H,22,23). The quantitative estimate of drug-likeness (QED) is 0.930. The number of carboxylic acid groups (broad SMARTS) is 1. The predicted molar refractivity (Wildman–Crippen MR) is 88.8 cm³/mol. The van der Waals surface area contributed by atoms with Crippen LogP contribution < -0.4 is 0 Å². The van der Waals surface area contributed by atoms with Gasteiger partial charge >= 0.3 is 5.97 Å². The first kappa shape index (κ1) is 16.4. The van der Waals surface area contributed by atoms with E-state index in [2.05, 4.69) is 4.98 Å². The number of carboxylic acids is 1. The van der Waals surface area contributed by atoms with E-state index in [4.69, 9.17) is 4.74 Å². The highest BCUT2D eigenvalue weighted by atomic mass is 16.5. The predicted octanol–water partition coefficient (Wildman–Crippen LogP) is 2.19. The van der Waals surface area contributed by atoms with Crippen LogP contribution in [0, 0.1) is 5.41 Å². The Balaban J connectivity index is 1.86. The molecule has 1 aromatic carbocycles. The summed E-state index contributed by atoms with van der Waals surface area (Å²) in [5.74, 6) is -1.16. The summed E-state index contributed by atoms with van der Waals surface area (Å²) in [6.07, 6.45) is 1.14. The lowest BCUT2D eigenvalue weighted by molar-refractivity contribution is -0.155. The maximum atomic E-state index is 12.8. The summed E-state index contributed by atoms with van der Waals surface area (Å²) in [6.45, 7) is 0.771. The number of fused-ring (bicyclic) bond motifs is 1. The first-order chi connectivity index (χ1) is 11.6. The Hall–Kier alpha value is -2.47. The molecule has 1 aliphatic rings. The number of methoxy groups -OCH3 is 1. The van der Waals surface area contributed by atoms with Gasteiger partial charge in [0, 0.05) is 25.6 Å². The van der Waals surface area contributed by atoms with Crippen molar-refractivity contribution in [3.8, 4) is 0 Å². The molecule has 1 aromatic heterocycles. The Morgan fingerprint density at radius 1 is 1.29 bits per heavy atom. The van der Waals surface area contributed by atoms with Crippen molar-refractivity contribution >= 4 is 22.8 Å². The van der Waals surface area contributed by atoms with Gasteiger partial charge < -0.3 is 14.7 Å². The number of likely N-dealkylation sites (tertiary alicyclic amines) is 1. The van der Waals surface area contributed by atoms with Crippen LogP contribution in [0.15, 0.2) is 36.4 Å². The van der Waals surface area contributed by atoms with Gasteiger partial charge in [0.05, 0.1) is 12.1 Å². The number of nitrogens with zero attached hydrogens (tertiary/aromatic N) is 2. The minimum Gasteiger partial charge on any atom is -0.481 e. The summed E-state index contributed by atoms with van der Waals surface area (Å²) in [5.41, 5.74) is 0.0496. The van der Waals surface area contributed by atoms with Crippen LogP contribution >= 0.6 is 0 Å². The van der Waals surface area contributed by atoms with Crippen molar-refractivity contribution < 1.29 is 19.4 Å². The highest BCUT2D eigenvalue weighted by molar-refractivity contribution is 5.95. The molecule has 1 saturated heterocycles. The Morgan fingerprint density at radius 3 is 2.83 bits per heavy atom. The van der Waals surface area contributed by atoms with Crippen LogP contribution in [0.4, 0.5) is 0 Å². The van der Waals surface area contributed by atoms with E-state index < -0.39 is 11.4 Å². The molecule has 1 fully saturated rings. The molecular weight excluding hydrogens is 308 g/mol. The Bertz CT molecular complexity index is 772. The van der Waals surface area contributed by atoms with Gasteiger partial charge in [-0.25, -0.2) is 4.98 Å². The first-order valence-electron chi connectivity index (χ1n) is 7.93. The number of hydrogen-bond acceptors (Lipinski definition) is 4. The highest BCUT2D eigenvalue weighted by Gasteiger charge is 2.44. The molecule has 0 spiro atoms. The average Bonchev–Trinajstić information content (AvgIpc) is 2.61. The molecule has 0 radical (unpaired) electrons. The van der Waals surface area contributed by atoms with E-state index in [0.29, 0.717) is 25.1 Å². The van der Waals surface area contributed by atoms with E-state index in [9.17, 15) is 14.7 Å². The zero-order valence-electron chi connectivity index (χ0n) is 13.6. The van der Waals surface area contributed by atoms with Crippen LogP contribution in [0.5, 0.6) is 0 Å². The van der Waals surface area contributed by atoms with Crippen LogP contribution in [-0.4, -0.2) is 53.7 Å². The molecule has 2 heterocycles. The minimum absolute atomic E-state index is 0.0945. The van der Waals surface area contributed by atoms with Crippen molar-refractivity contribution in [2.75, 3.05) is 26.8 Å². The van der Waals surface area contributed by atoms with E-state index in [1.807, 2.05) is 30.3 Å². The summed E-state index contributed by atoms with van der Waals surface area (Å²) >= 11 is 0. The van der Waals surface area contributed by atoms with Crippen molar-refractivity contribution in [2.24, 2.45) is 5.41 Å². The second-order valence-corrected chi connectivity index (χ2v) is 6.24. The number of hydrogen-bond donors (Lipinski definition) is 1. The molecule has 3 rings (SSSR count). The molecule has 126 valence electrons. The van der Waals surface area contributed by atoms with E-state index in [0.717, 1.165) is 10.9 Å². The third kappa shape index (κ3) is 2.97. The molecule has 0 bridgehead atoms. The second-order valence-electron chi connectivity index (χ2n) is 6.24. The molecule has 1 N–H and O–H groups in total. The van der Waals surface area contributed by atoms with Crippen molar-refractivity contribution in [1.29, 1.82) is 0 Å². The average molecular weight is 328 g/mol. The van der Waals surface area contributed by atoms with Gasteiger partial charge in [0.15, 0.2) is 0 Å². The van der Waals surface area contributed by atoms with Crippen molar-refractivity contribution in [3.63, 3.8) is 0 Å². The summed E-state index contributed by atoms with van der Waals surface area (Å²) in [4.78, 5) is 30.5. The Morgan fingerprint density at radius 2 is 2.08 bits per heavy atom. The van der Waals surface area contributed by atoms with Crippen LogP contribution in [0.2, 0.25) is 0 Å². The number of aromatic nitrogens is 1. The maximum absolute atomic E-state index is 12.8. The number of aliphatic carboxylic acids is 1. The lowest BCUT2D eigenvalue weighted by Crippen LogP contribution is -2.52. The molecule has 6 heteroatoms. The Kier molecular flexibility index (Phi) is 4.49. The molecule has 6 nitrogen and oxygen atoms in total. The van der Waals surface area contributed by atoms with Crippen LogP contribution in [0.1, 0.15) is 23.3 Å². The number of para-hydroxylation sites is 1. The van der Waals surface area contributed by atoms with Gasteiger partial charge in [0.25, 0.3) is 5.91 Å². The van der Waals surface area contributed by atoms with E-state index in [1.54, 1.807) is 11.0 Å². The summed E-state index contributed by atoms with van der Waals surface area (Å²) in [6, 6.07) is 11.1. The van der Waals surface area contributed by atoms with E-state index in [-0.39, 0.29) is 19.1 Å². The maximum Gasteiger partial charge on any atom is 0.313 e. The molecule has 1 amide bonds. The Labute approximate surface area is 140 Å². The number of rotatable bonds is 4. The lowest BCUT2D eigenvalue weighted by Gasteiger charge is -2.39. The van der Waals surface area contributed by atoms with E-state index >= 15 is 0 Å². The summed E-state index contributed by atoms with van der Waals surface area (Å²) < 4.78 is 5.10.